The number of hydrogen-bond donors (Lipinski definition) is 2. The molecule has 0 bridgehead atoms. The highest BCUT2D eigenvalue weighted by molar-refractivity contribution is 8.00. The fourth-order valence-electron chi connectivity index (χ4n) is 9.82. The molecule has 1 aromatic carbocycles. The minimum atomic E-state index is -0.906. The molecule has 6 unspecified atom stereocenters. The quantitative estimate of drug-likeness (QED) is 0.0313. The lowest BCUT2D eigenvalue weighted by Gasteiger charge is -2.58. The van der Waals surface area contributed by atoms with E-state index in [4.69, 9.17) is 24.2 Å². The topological polar surface area (TPSA) is 92.8 Å². The van der Waals surface area contributed by atoms with Crippen LogP contribution in [0.3, 0.4) is 0 Å². The fraction of sp³-hybridized carbons (Fsp3) is 0.776. The number of benzene rings is 1. The third-order valence-corrected chi connectivity index (χ3v) is 14.4. The third-order valence-electron chi connectivity index (χ3n) is 13.0. The highest BCUT2D eigenvalue weighted by atomic mass is 32.2. The molecule has 4 aliphatic rings. The number of ether oxygens (including phenoxy) is 3. The second-order valence-electron chi connectivity index (χ2n) is 17.3. The Morgan fingerprint density at radius 3 is 2.19 bits per heavy atom. The first-order chi connectivity index (χ1) is 28.6. The highest BCUT2D eigenvalue weighted by Gasteiger charge is 2.64. The van der Waals surface area contributed by atoms with Gasteiger partial charge in [0.15, 0.2) is 0 Å². The van der Waals surface area contributed by atoms with E-state index in [2.05, 4.69) is 42.7 Å². The lowest BCUT2D eigenvalue weighted by molar-refractivity contribution is -0.223. The second kappa shape index (κ2) is 26.3. The van der Waals surface area contributed by atoms with Gasteiger partial charge >= 0.3 is 0 Å². The van der Waals surface area contributed by atoms with Gasteiger partial charge in [-0.1, -0.05) is 121 Å². The van der Waals surface area contributed by atoms with E-state index in [1.165, 1.54) is 101 Å². The Balaban J connectivity index is 1.36. The molecule has 2 fully saturated rings. The zero-order valence-corrected chi connectivity index (χ0v) is 37.3. The molecular formula is C49H80N2O6S. The van der Waals surface area contributed by atoms with Crippen LogP contribution in [-0.4, -0.2) is 90.3 Å². The molecule has 1 saturated carbocycles. The van der Waals surface area contributed by atoms with Gasteiger partial charge in [0.05, 0.1) is 23.5 Å². The van der Waals surface area contributed by atoms with Crippen molar-refractivity contribution in [1.82, 2.24) is 4.90 Å². The average Bonchev–Trinajstić information content (AvgIpc) is 4.07. The number of aliphatic hydroxyl groups is 2. The Bertz CT molecular complexity index is 1380. The largest absolute Gasteiger partial charge is 0.492 e. The number of oxime groups is 1. The number of fused-ring (bicyclic) bond motifs is 2. The maximum absolute atomic E-state index is 9.90. The summed E-state index contributed by atoms with van der Waals surface area (Å²) in [6.07, 6.45) is 29.5. The van der Waals surface area contributed by atoms with Gasteiger partial charge in [-0.2, -0.15) is 11.8 Å². The molecule has 0 spiro atoms. The van der Waals surface area contributed by atoms with Gasteiger partial charge in [-0.15, -0.1) is 6.58 Å². The lowest BCUT2D eigenvalue weighted by atomic mass is 9.56. The van der Waals surface area contributed by atoms with Gasteiger partial charge in [0.1, 0.15) is 24.7 Å². The van der Waals surface area contributed by atoms with Crippen molar-refractivity contribution in [2.45, 2.75) is 166 Å². The molecule has 1 saturated heterocycles. The summed E-state index contributed by atoms with van der Waals surface area (Å²) in [7, 11) is 0. The Kier molecular flexibility index (Phi) is 21.3. The van der Waals surface area contributed by atoms with Gasteiger partial charge in [-0.05, 0) is 80.4 Å². The molecule has 2 aliphatic carbocycles. The zero-order valence-electron chi connectivity index (χ0n) is 36.5. The van der Waals surface area contributed by atoms with Crippen molar-refractivity contribution in [2.24, 2.45) is 22.9 Å². The van der Waals surface area contributed by atoms with Crippen LogP contribution in [0.25, 0.3) is 0 Å². The molecule has 5 rings (SSSR count). The van der Waals surface area contributed by atoms with Crippen molar-refractivity contribution in [3.05, 3.63) is 48.1 Å². The standard InChI is InChI=1S/C49H80N2O6S/c1-4-7-8-9-10-11-12-13-14-15-16-17-18-23-35-58-46-38-44(50-56-6-3)42-36-39(24-19-21-31-52)41(25-20-22-32-53)47-43-37-40(54-34-30-51-28-29-51)26-27-45(43)57-49(46,48(42)47)55-33-5-2/h5,26-27,36-37,39,41,46-48,52-53H,2,4,6-25,28-35,38H2,1,3H3. The van der Waals surface area contributed by atoms with Crippen molar-refractivity contribution in [3.63, 3.8) is 0 Å². The minimum absolute atomic E-state index is 0.0129. The van der Waals surface area contributed by atoms with Gasteiger partial charge in [0, 0.05) is 50.8 Å². The van der Waals surface area contributed by atoms with E-state index >= 15 is 0 Å². The summed E-state index contributed by atoms with van der Waals surface area (Å²) < 4.78 is 20.8. The first kappa shape index (κ1) is 47.0. The molecule has 1 aromatic rings. The van der Waals surface area contributed by atoms with Gasteiger partial charge < -0.3 is 29.3 Å². The summed E-state index contributed by atoms with van der Waals surface area (Å²) in [6.45, 7) is 13.6. The number of thioether (sulfide) groups is 1. The van der Waals surface area contributed by atoms with Crippen molar-refractivity contribution in [2.75, 3.05) is 58.4 Å². The summed E-state index contributed by atoms with van der Waals surface area (Å²) in [5.74, 6) is 2.49. The molecule has 2 heterocycles. The summed E-state index contributed by atoms with van der Waals surface area (Å²) in [5.41, 5.74) is 3.40. The highest BCUT2D eigenvalue weighted by Crippen LogP contribution is 2.62. The molecule has 6 atom stereocenters. The van der Waals surface area contributed by atoms with E-state index in [-0.39, 0.29) is 36.2 Å². The second-order valence-corrected chi connectivity index (χ2v) is 18.6. The number of nitrogens with zero attached hydrogens (tertiary/aromatic N) is 2. The average molecular weight is 825 g/mol. The van der Waals surface area contributed by atoms with Crippen LogP contribution in [0, 0.1) is 17.8 Å². The minimum Gasteiger partial charge on any atom is -0.492 e. The van der Waals surface area contributed by atoms with E-state index in [9.17, 15) is 10.2 Å². The van der Waals surface area contributed by atoms with Crippen molar-refractivity contribution >= 4 is 17.5 Å². The molecule has 2 aliphatic heterocycles. The maximum atomic E-state index is 9.90. The summed E-state index contributed by atoms with van der Waals surface area (Å²) in [4.78, 5) is 8.28. The molecule has 8 nitrogen and oxygen atoms in total. The van der Waals surface area contributed by atoms with E-state index in [0.717, 1.165) is 81.1 Å². The van der Waals surface area contributed by atoms with Crippen LogP contribution in [0.1, 0.15) is 160 Å². The molecule has 9 heteroatoms. The van der Waals surface area contributed by atoms with Gasteiger partial charge in [0.25, 0.3) is 0 Å². The first-order valence-electron chi connectivity index (χ1n) is 23.8. The van der Waals surface area contributed by atoms with Crippen LogP contribution in [0.5, 0.6) is 11.5 Å². The summed E-state index contributed by atoms with van der Waals surface area (Å²) >= 11 is 1.99. The normalized spacial score (nSPS) is 25.5. The smallest absolute Gasteiger partial charge is 0.230 e. The number of hydrogen-bond acceptors (Lipinski definition) is 9. The van der Waals surface area contributed by atoms with Crippen LogP contribution in [0.4, 0.5) is 0 Å². The van der Waals surface area contributed by atoms with Crippen LogP contribution in [-0.2, 0) is 9.57 Å². The number of allylic oxidation sites excluding steroid dienone is 1. The molecule has 58 heavy (non-hydrogen) atoms. The Labute approximate surface area is 356 Å². The van der Waals surface area contributed by atoms with E-state index in [1.807, 2.05) is 24.8 Å². The molecule has 0 amide bonds. The third kappa shape index (κ3) is 13.7. The predicted molar refractivity (Wildman–Crippen MR) is 241 cm³/mol. The molecule has 2 N–H and O–H groups in total. The zero-order chi connectivity index (χ0) is 40.8. The SMILES string of the molecule is C=CCOC12Oc3ccc(OCCN4CC4)cc3C3C(CCCCO)C(CCCCO)C=C(C(=NOCC)CC1SCCCCCCCCCCCCCCCC)C32. The van der Waals surface area contributed by atoms with Crippen LogP contribution in [0.2, 0.25) is 0 Å². The molecule has 0 radical (unpaired) electrons. The maximum Gasteiger partial charge on any atom is 0.230 e. The van der Waals surface area contributed by atoms with Crippen molar-refractivity contribution < 1.29 is 29.3 Å². The van der Waals surface area contributed by atoms with Crippen LogP contribution in [0.15, 0.2) is 47.7 Å². The Morgan fingerprint density at radius 1 is 0.879 bits per heavy atom. The summed E-state index contributed by atoms with van der Waals surface area (Å²) in [5, 5.41) is 24.6. The van der Waals surface area contributed by atoms with Gasteiger partial charge in [0.2, 0.25) is 5.79 Å². The number of rotatable bonds is 33. The number of aliphatic hydroxyl groups excluding tert-OH is 2. The van der Waals surface area contributed by atoms with E-state index < -0.39 is 5.79 Å². The Hall–Kier alpha value is -2.04. The molecular weight excluding hydrogens is 745 g/mol. The van der Waals surface area contributed by atoms with Crippen LogP contribution >= 0.6 is 11.8 Å². The van der Waals surface area contributed by atoms with E-state index in [0.29, 0.717) is 32.2 Å². The van der Waals surface area contributed by atoms with Crippen molar-refractivity contribution in [1.29, 1.82) is 0 Å². The summed E-state index contributed by atoms with van der Waals surface area (Å²) in [6, 6.07) is 6.44. The molecule has 328 valence electrons. The van der Waals surface area contributed by atoms with Crippen LogP contribution < -0.4 is 9.47 Å². The Morgan fingerprint density at radius 2 is 1.55 bits per heavy atom. The lowest BCUT2D eigenvalue weighted by Crippen LogP contribution is -2.64. The predicted octanol–water partition coefficient (Wildman–Crippen LogP) is 11.2. The number of unbranched alkanes of at least 4 members (excludes halogenated alkanes) is 15. The van der Waals surface area contributed by atoms with Gasteiger partial charge in [-0.25, -0.2) is 0 Å². The molecule has 0 aromatic heterocycles. The first-order valence-corrected chi connectivity index (χ1v) is 24.8. The monoisotopic (exact) mass is 825 g/mol. The fourth-order valence-corrected chi connectivity index (χ4v) is 11.2. The van der Waals surface area contributed by atoms with E-state index in [1.54, 1.807) is 0 Å². The van der Waals surface area contributed by atoms with Crippen molar-refractivity contribution in [3.8, 4) is 11.5 Å². The van der Waals surface area contributed by atoms with Gasteiger partial charge in [-0.3, -0.25) is 4.90 Å².